The minimum absolute atomic E-state index is 0.129. The maximum atomic E-state index is 14.0. The summed E-state index contributed by atoms with van der Waals surface area (Å²) in [6.45, 7) is 16.3. The number of carbonyl (C=O) groups excluding carboxylic acids is 1. The number of unbranched alkanes of at least 4 members (excludes halogenated alkanes) is 1. The van der Waals surface area contributed by atoms with E-state index in [0.29, 0.717) is 6.42 Å². The molecule has 1 aromatic carbocycles. The van der Waals surface area contributed by atoms with E-state index in [1.54, 1.807) is 7.11 Å². The molecular formula is C37H53N3O2Si. The molecule has 5 aliphatic rings. The quantitative estimate of drug-likeness (QED) is 0.128. The molecule has 5 nitrogen and oxygen atoms in total. The topological polar surface area (TPSA) is 53.6 Å². The summed E-state index contributed by atoms with van der Waals surface area (Å²) in [5, 5.41) is 7.72. The lowest BCUT2D eigenvalue weighted by Gasteiger charge is -2.57. The van der Waals surface area contributed by atoms with Crippen LogP contribution in [0, 0.1) is 29.2 Å². The third-order valence-corrected chi connectivity index (χ3v) is 10.8. The number of hydrogen-bond acceptors (Lipinski definition) is 4. The first-order chi connectivity index (χ1) is 20.5. The molecule has 232 valence electrons. The summed E-state index contributed by atoms with van der Waals surface area (Å²) in [5.74, 6) is 6.43. The van der Waals surface area contributed by atoms with Crippen LogP contribution in [0.5, 0.6) is 5.75 Å². The summed E-state index contributed by atoms with van der Waals surface area (Å²) in [6, 6.07) is 5.91. The zero-order valence-corrected chi connectivity index (χ0v) is 28.4. The molecule has 1 amide bonds. The van der Waals surface area contributed by atoms with E-state index in [9.17, 15) is 4.79 Å². The number of benzene rings is 1. The molecule has 0 spiro atoms. The Balaban J connectivity index is 1.45. The number of methoxy groups -OCH3 is 1. The van der Waals surface area contributed by atoms with Crippen LogP contribution in [0.2, 0.25) is 19.6 Å². The smallest absolute Gasteiger partial charge is 0.299 e. The van der Waals surface area contributed by atoms with E-state index in [0.717, 1.165) is 59.7 Å². The zero-order valence-electron chi connectivity index (χ0n) is 27.4. The van der Waals surface area contributed by atoms with E-state index in [2.05, 4.69) is 92.5 Å². The number of nitrogens with zero attached hydrogens (tertiary/aromatic N) is 1. The first kappa shape index (κ1) is 31.7. The molecule has 4 bridgehead atoms. The fourth-order valence-electron chi connectivity index (χ4n) is 8.42. The molecule has 1 aromatic rings. The fraction of sp³-hybridized carbons (Fsp3) is 0.595. The van der Waals surface area contributed by atoms with Gasteiger partial charge in [-0.05, 0) is 117 Å². The maximum Gasteiger partial charge on any atom is 0.299 e. The lowest BCUT2D eigenvalue weighted by atomic mass is 9.53. The van der Waals surface area contributed by atoms with Crippen molar-refractivity contribution in [3.8, 4) is 17.2 Å². The van der Waals surface area contributed by atoms with Gasteiger partial charge in [-0.2, -0.15) is 0 Å². The van der Waals surface area contributed by atoms with Crippen LogP contribution < -0.4 is 15.4 Å². The SMILES string of the molecule is C=C(/C=C\C(=C/C)NC12CC3CC(CC(C3)C1)C2)[C@H]1c2ccc(OC)cc2C[C@H](NCCCC)N1C(=O)C#C[Si](C)(C)C. The number of amides is 1. The molecule has 4 saturated carbocycles. The predicted molar refractivity (Wildman–Crippen MR) is 180 cm³/mol. The van der Waals surface area contributed by atoms with Gasteiger partial charge in [0.25, 0.3) is 5.91 Å². The number of nitrogens with one attached hydrogen (secondary N) is 2. The minimum Gasteiger partial charge on any atom is -0.497 e. The summed E-state index contributed by atoms with van der Waals surface area (Å²) in [7, 11) is -0.0310. The van der Waals surface area contributed by atoms with Gasteiger partial charge in [-0.3, -0.25) is 10.1 Å². The Morgan fingerprint density at radius 3 is 2.40 bits per heavy atom. The highest BCUT2D eigenvalue weighted by atomic mass is 28.3. The van der Waals surface area contributed by atoms with Crippen molar-refractivity contribution in [3.05, 3.63) is 65.4 Å². The Bertz CT molecular complexity index is 1290. The van der Waals surface area contributed by atoms with Crippen molar-refractivity contribution in [1.82, 2.24) is 15.5 Å². The molecule has 1 aliphatic heterocycles. The molecule has 0 unspecified atom stereocenters. The molecular weight excluding hydrogens is 547 g/mol. The first-order valence-electron chi connectivity index (χ1n) is 16.6. The van der Waals surface area contributed by atoms with Gasteiger partial charge in [-0.15, -0.1) is 5.54 Å². The third kappa shape index (κ3) is 7.32. The van der Waals surface area contributed by atoms with Crippen LogP contribution in [0.15, 0.2) is 54.3 Å². The van der Waals surface area contributed by atoms with Gasteiger partial charge in [0.2, 0.25) is 0 Å². The van der Waals surface area contributed by atoms with E-state index in [1.807, 2.05) is 11.0 Å². The van der Waals surface area contributed by atoms with Crippen LogP contribution in [0.4, 0.5) is 0 Å². The lowest BCUT2D eigenvalue weighted by molar-refractivity contribution is -0.130. The van der Waals surface area contributed by atoms with Crippen molar-refractivity contribution < 1.29 is 9.53 Å². The Labute approximate surface area is 261 Å². The average molecular weight is 600 g/mol. The van der Waals surface area contributed by atoms with Crippen molar-refractivity contribution in [1.29, 1.82) is 0 Å². The normalized spacial score (nSPS) is 29.7. The van der Waals surface area contributed by atoms with E-state index < -0.39 is 8.07 Å². The van der Waals surface area contributed by atoms with Crippen molar-refractivity contribution in [2.75, 3.05) is 13.7 Å². The molecule has 0 radical (unpaired) electrons. The van der Waals surface area contributed by atoms with Crippen molar-refractivity contribution in [3.63, 3.8) is 0 Å². The average Bonchev–Trinajstić information content (AvgIpc) is 2.95. The van der Waals surface area contributed by atoms with Gasteiger partial charge in [0.1, 0.15) is 13.8 Å². The van der Waals surface area contributed by atoms with Gasteiger partial charge >= 0.3 is 0 Å². The zero-order chi connectivity index (χ0) is 30.8. The van der Waals surface area contributed by atoms with Crippen molar-refractivity contribution in [2.45, 2.75) is 109 Å². The molecule has 2 N–H and O–H groups in total. The molecule has 6 rings (SSSR count). The highest BCUT2D eigenvalue weighted by Crippen LogP contribution is 2.56. The second-order valence-electron chi connectivity index (χ2n) is 14.7. The van der Waals surface area contributed by atoms with Crippen molar-refractivity contribution >= 4 is 14.0 Å². The second kappa shape index (κ2) is 13.1. The molecule has 4 fully saturated rings. The first-order valence-corrected chi connectivity index (χ1v) is 20.1. The number of carbonyl (C=O) groups is 1. The molecule has 0 aromatic heterocycles. The van der Waals surface area contributed by atoms with Gasteiger partial charge < -0.3 is 15.0 Å². The Morgan fingerprint density at radius 1 is 1.14 bits per heavy atom. The van der Waals surface area contributed by atoms with Crippen LogP contribution in [0.3, 0.4) is 0 Å². The summed E-state index contributed by atoms with van der Waals surface area (Å²) >= 11 is 0. The number of ether oxygens (including phenoxy) is 1. The highest BCUT2D eigenvalue weighted by Gasteiger charge is 2.51. The summed E-state index contributed by atoms with van der Waals surface area (Å²) in [6.07, 6.45) is 17.4. The number of fused-ring (bicyclic) bond motifs is 1. The summed E-state index contributed by atoms with van der Waals surface area (Å²) in [5.41, 5.74) is 7.89. The fourth-order valence-corrected chi connectivity index (χ4v) is 8.90. The molecule has 0 saturated heterocycles. The summed E-state index contributed by atoms with van der Waals surface area (Å²) in [4.78, 5) is 15.9. The van der Waals surface area contributed by atoms with E-state index >= 15 is 0 Å². The second-order valence-corrected chi connectivity index (χ2v) is 19.4. The van der Waals surface area contributed by atoms with E-state index in [-0.39, 0.29) is 23.7 Å². The highest BCUT2D eigenvalue weighted by molar-refractivity contribution is 6.84. The van der Waals surface area contributed by atoms with Crippen molar-refractivity contribution in [2.24, 2.45) is 17.8 Å². The molecule has 6 heteroatoms. The van der Waals surface area contributed by atoms with Gasteiger partial charge in [-0.1, -0.05) is 57.8 Å². The van der Waals surface area contributed by atoms with Gasteiger partial charge in [0.05, 0.1) is 19.3 Å². The van der Waals surface area contributed by atoms with Gasteiger partial charge in [-0.25, -0.2) is 0 Å². The number of allylic oxidation sites excluding steroid dienone is 2. The van der Waals surface area contributed by atoms with Gasteiger partial charge in [0.15, 0.2) is 0 Å². The molecule has 1 heterocycles. The largest absolute Gasteiger partial charge is 0.497 e. The van der Waals surface area contributed by atoms with Gasteiger partial charge in [0, 0.05) is 17.7 Å². The Kier molecular flexibility index (Phi) is 9.63. The van der Waals surface area contributed by atoms with Crippen LogP contribution in [0.25, 0.3) is 0 Å². The van der Waals surface area contributed by atoms with Crippen LogP contribution in [-0.2, 0) is 11.2 Å². The van der Waals surface area contributed by atoms with Crippen LogP contribution in [-0.4, -0.2) is 44.2 Å². The Morgan fingerprint density at radius 2 is 1.81 bits per heavy atom. The van der Waals surface area contributed by atoms with E-state index in [4.69, 9.17) is 4.74 Å². The lowest BCUT2D eigenvalue weighted by Crippen LogP contribution is -2.57. The third-order valence-electron chi connectivity index (χ3n) is 9.95. The standard InChI is InChI=1S/C37H53N3O2Si/c1-8-10-16-38-34-22-30-21-32(42-4)13-14-33(30)36(40(34)35(41)15-17-43(5,6)7)26(3)11-12-31(9-2)39-37-23-27-18-28(24-37)20-29(19-27)25-37/h9,11-14,21,27-29,34,36,38-39H,3,8,10,16,18-20,22-25H2,1-2,4-7H3/b12-11-,31-9+/t27?,28?,29?,34-,36+,37?/m1/s1. The molecule has 4 aliphatic carbocycles. The van der Waals surface area contributed by atoms with E-state index in [1.165, 1.54) is 44.1 Å². The van der Waals surface area contributed by atoms with Crippen LogP contribution in [0.1, 0.15) is 82.4 Å². The number of hydrogen-bond donors (Lipinski definition) is 2. The summed E-state index contributed by atoms with van der Waals surface area (Å²) < 4.78 is 5.60. The predicted octanol–water partition coefficient (Wildman–Crippen LogP) is 7.29. The molecule has 43 heavy (non-hydrogen) atoms. The molecule has 2 atom stereocenters. The Hall–Kier alpha value is -2.75. The maximum absolute atomic E-state index is 14.0. The van der Waals surface area contributed by atoms with Crippen LogP contribution >= 0.6 is 0 Å². The monoisotopic (exact) mass is 599 g/mol. The minimum atomic E-state index is -1.74. The number of rotatable bonds is 10.